The number of ether oxygens (including phenoxy) is 2. The van der Waals surface area contributed by atoms with Crippen molar-refractivity contribution < 1.29 is 14.3 Å². The first-order chi connectivity index (χ1) is 14.5. The van der Waals surface area contributed by atoms with Crippen LogP contribution in [0.4, 0.5) is 5.69 Å². The van der Waals surface area contributed by atoms with Gasteiger partial charge in [-0.1, -0.05) is 24.3 Å². The molecule has 2 unspecified atom stereocenters. The fourth-order valence-corrected chi connectivity index (χ4v) is 4.74. The van der Waals surface area contributed by atoms with Crippen molar-refractivity contribution in [2.24, 2.45) is 10.7 Å². The minimum Gasteiger partial charge on any atom is -0.484 e. The van der Waals surface area contributed by atoms with Crippen molar-refractivity contribution in [1.82, 2.24) is 4.90 Å². The van der Waals surface area contributed by atoms with E-state index in [1.165, 1.54) is 4.90 Å². The normalized spacial score (nSPS) is 27.5. The number of likely N-dealkylation sites (N-methyl/N-ethyl adjacent to an activating group) is 1. The van der Waals surface area contributed by atoms with Crippen LogP contribution < -0.4 is 10.5 Å². The summed E-state index contributed by atoms with van der Waals surface area (Å²) in [5, 5.41) is 0. The highest BCUT2D eigenvalue weighted by Gasteiger charge is 2.58. The van der Waals surface area contributed by atoms with E-state index >= 15 is 0 Å². The van der Waals surface area contributed by atoms with Gasteiger partial charge >= 0.3 is 0 Å². The van der Waals surface area contributed by atoms with E-state index in [1.807, 2.05) is 36.4 Å². The molecule has 1 amide bonds. The van der Waals surface area contributed by atoms with Crippen molar-refractivity contribution in [3.63, 3.8) is 0 Å². The second kappa shape index (κ2) is 6.57. The topological polar surface area (TPSA) is 81.5 Å². The molecule has 2 atom stereocenters. The van der Waals surface area contributed by atoms with Gasteiger partial charge < -0.3 is 15.2 Å². The number of rotatable bonds is 1. The number of nitrogens with zero attached hydrogens (tertiary/aromatic N) is 3. The van der Waals surface area contributed by atoms with Crippen LogP contribution >= 0.6 is 0 Å². The molecule has 1 saturated heterocycles. The molecule has 7 nitrogen and oxygen atoms in total. The third kappa shape index (κ3) is 2.68. The van der Waals surface area contributed by atoms with Crippen LogP contribution in [0, 0.1) is 6.57 Å². The largest absolute Gasteiger partial charge is 0.484 e. The van der Waals surface area contributed by atoms with E-state index in [4.69, 9.17) is 21.8 Å². The maximum atomic E-state index is 13.4. The van der Waals surface area contributed by atoms with E-state index in [0.717, 1.165) is 24.0 Å². The van der Waals surface area contributed by atoms with Crippen molar-refractivity contribution in [3.05, 3.63) is 59.4 Å². The zero-order chi connectivity index (χ0) is 20.9. The Kier molecular flexibility index (Phi) is 4.09. The third-order valence-corrected chi connectivity index (χ3v) is 6.23. The van der Waals surface area contributed by atoms with Crippen molar-refractivity contribution in [2.45, 2.75) is 30.4 Å². The number of nitrogens with two attached hydrogens (primary N) is 1. The molecule has 3 aliphatic rings. The summed E-state index contributed by atoms with van der Waals surface area (Å²) in [6, 6.07) is 13.2. The molecule has 0 aliphatic carbocycles. The number of guanidine groups is 1. The molecule has 0 radical (unpaired) electrons. The Bertz CT molecular complexity index is 1110. The summed E-state index contributed by atoms with van der Waals surface area (Å²) in [6.45, 7) is 8.40. The van der Waals surface area contributed by atoms with Gasteiger partial charge in [0.05, 0.1) is 13.2 Å². The average molecular weight is 402 g/mol. The number of fused-ring (bicyclic) bond motifs is 2. The van der Waals surface area contributed by atoms with E-state index in [-0.39, 0.29) is 11.9 Å². The highest BCUT2D eigenvalue weighted by atomic mass is 16.5. The third-order valence-electron chi connectivity index (χ3n) is 6.23. The van der Waals surface area contributed by atoms with Crippen LogP contribution in [0.3, 0.4) is 0 Å². The Morgan fingerprint density at radius 1 is 1.23 bits per heavy atom. The summed E-state index contributed by atoms with van der Waals surface area (Å²) in [4.78, 5) is 23.0. The second-order valence-corrected chi connectivity index (χ2v) is 8.19. The molecular formula is C23H22N4O3. The molecule has 7 heteroatoms. The van der Waals surface area contributed by atoms with Crippen LogP contribution in [-0.4, -0.2) is 42.6 Å². The van der Waals surface area contributed by atoms with Crippen LogP contribution in [-0.2, 0) is 15.1 Å². The van der Waals surface area contributed by atoms with Gasteiger partial charge in [-0.25, -0.2) is 9.84 Å². The summed E-state index contributed by atoms with van der Waals surface area (Å²) >= 11 is 0. The van der Waals surface area contributed by atoms with Crippen molar-refractivity contribution in [1.29, 1.82) is 0 Å². The Labute approximate surface area is 174 Å². The van der Waals surface area contributed by atoms with E-state index in [9.17, 15) is 4.79 Å². The van der Waals surface area contributed by atoms with Crippen molar-refractivity contribution in [3.8, 4) is 16.9 Å². The lowest BCUT2D eigenvalue weighted by atomic mass is 9.74. The summed E-state index contributed by atoms with van der Waals surface area (Å²) in [6.07, 6.45) is 2.06. The monoisotopic (exact) mass is 402 g/mol. The van der Waals surface area contributed by atoms with Gasteiger partial charge in [-0.15, -0.1) is 0 Å². The maximum absolute atomic E-state index is 13.4. The summed E-state index contributed by atoms with van der Waals surface area (Å²) < 4.78 is 12.2. The average Bonchev–Trinajstić information content (AvgIpc) is 2.98. The lowest BCUT2D eigenvalue weighted by Gasteiger charge is -2.46. The molecule has 30 heavy (non-hydrogen) atoms. The molecule has 5 rings (SSSR count). The van der Waals surface area contributed by atoms with Gasteiger partial charge in [-0.05, 0) is 42.2 Å². The summed E-state index contributed by atoms with van der Waals surface area (Å²) in [7, 11) is 1.65. The highest BCUT2D eigenvalue weighted by Crippen LogP contribution is 2.51. The summed E-state index contributed by atoms with van der Waals surface area (Å²) in [5.74, 6) is 0.693. The predicted molar refractivity (Wildman–Crippen MR) is 112 cm³/mol. The van der Waals surface area contributed by atoms with Gasteiger partial charge in [-0.3, -0.25) is 9.69 Å². The first-order valence-electron chi connectivity index (χ1n) is 9.99. The maximum Gasteiger partial charge on any atom is 0.261 e. The SMILES string of the molecule is [C-]#[N+]c1cccc(-c2ccc3c(c2)C2(CC4(CCCOC4)O3)N=C(N)N(C)C2=O)c1. The minimum absolute atomic E-state index is 0.151. The zero-order valence-corrected chi connectivity index (χ0v) is 16.7. The van der Waals surface area contributed by atoms with Gasteiger partial charge in [0.15, 0.2) is 17.2 Å². The number of hydrogen-bond donors (Lipinski definition) is 1. The van der Waals surface area contributed by atoms with Crippen LogP contribution in [0.5, 0.6) is 5.75 Å². The number of carbonyl (C=O) groups is 1. The molecule has 1 fully saturated rings. The van der Waals surface area contributed by atoms with Gasteiger partial charge in [0.2, 0.25) is 0 Å². The molecule has 3 aliphatic heterocycles. The van der Waals surface area contributed by atoms with Crippen LogP contribution in [0.15, 0.2) is 47.5 Å². The Hall–Kier alpha value is -3.37. The first-order valence-corrected chi connectivity index (χ1v) is 9.99. The van der Waals surface area contributed by atoms with Gasteiger partial charge in [0.25, 0.3) is 5.91 Å². The molecule has 0 saturated carbocycles. The van der Waals surface area contributed by atoms with Crippen molar-refractivity contribution in [2.75, 3.05) is 20.3 Å². The van der Waals surface area contributed by atoms with Crippen LogP contribution in [0.1, 0.15) is 24.8 Å². The number of amides is 1. The molecule has 2 aromatic rings. The Morgan fingerprint density at radius 2 is 2.07 bits per heavy atom. The van der Waals surface area contributed by atoms with Crippen LogP contribution in [0.2, 0.25) is 0 Å². The molecule has 0 aromatic heterocycles. The smallest absolute Gasteiger partial charge is 0.261 e. The Balaban J connectivity index is 1.68. The van der Waals surface area contributed by atoms with E-state index in [0.29, 0.717) is 36.6 Å². The molecule has 3 heterocycles. The lowest BCUT2D eigenvalue weighted by molar-refractivity contribution is -0.139. The number of benzene rings is 2. The fraction of sp³-hybridized carbons (Fsp3) is 0.348. The summed E-state index contributed by atoms with van der Waals surface area (Å²) in [5.41, 5.74) is 7.44. The fourth-order valence-electron chi connectivity index (χ4n) is 4.74. The molecular weight excluding hydrogens is 380 g/mol. The molecule has 0 bridgehead atoms. The molecule has 2 N–H and O–H groups in total. The molecule has 2 spiro atoms. The standard InChI is InChI=1S/C23H22N4O3/c1-25-17-6-3-5-15(11-17)16-7-8-19-18(12-16)23(20(28)27(2)21(24)26-23)13-22(30-19)9-4-10-29-14-22/h3,5-8,11-12H,4,9-10,13-14H2,2H3,(H2,24,26). The molecule has 152 valence electrons. The highest BCUT2D eigenvalue weighted by molar-refractivity contribution is 6.07. The minimum atomic E-state index is -1.12. The quantitative estimate of drug-likeness (QED) is 0.743. The number of aliphatic imine (C=N–C) groups is 1. The Morgan fingerprint density at radius 3 is 2.77 bits per heavy atom. The van der Waals surface area contributed by atoms with E-state index in [2.05, 4.69) is 9.84 Å². The number of carbonyl (C=O) groups excluding carboxylic acids is 1. The van der Waals surface area contributed by atoms with Gasteiger partial charge in [0, 0.05) is 25.6 Å². The lowest BCUT2D eigenvalue weighted by Crippen LogP contribution is -2.55. The number of hydrogen-bond acceptors (Lipinski definition) is 5. The van der Waals surface area contributed by atoms with Gasteiger partial charge in [-0.2, -0.15) is 0 Å². The van der Waals surface area contributed by atoms with Crippen LogP contribution in [0.25, 0.3) is 16.0 Å². The van der Waals surface area contributed by atoms with Gasteiger partial charge in [0.1, 0.15) is 11.4 Å². The second-order valence-electron chi connectivity index (χ2n) is 8.19. The zero-order valence-electron chi connectivity index (χ0n) is 16.7. The molecule has 2 aromatic carbocycles. The van der Waals surface area contributed by atoms with E-state index < -0.39 is 11.1 Å². The van der Waals surface area contributed by atoms with Crippen molar-refractivity contribution >= 4 is 17.6 Å². The predicted octanol–water partition coefficient (Wildman–Crippen LogP) is 3.22. The first kappa shape index (κ1) is 18.6. The van der Waals surface area contributed by atoms with E-state index in [1.54, 1.807) is 13.1 Å².